The molecule has 4 rings (SSSR count). The molecule has 1 amide bonds. The van der Waals surface area contributed by atoms with Crippen LogP contribution in [0, 0.1) is 11.7 Å². The Bertz CT molecular complexity index is 1030. The van der Waals surface area contributed by atoms with Gasteiger partial charge in [0.25, 0.3) is 0 Å². The highest BCUT2D eigenvalue weighted by Crippen LogP contribution is 2.25. The van der Waals surface area contributed by atoms with Gasteiger partial charge in [-0.15, -0.1) is 0 Å². The number of likely N-dealkylation sites (tertiary alicyclic amines) is 1. The van der Waals surface area contributed by atoms with E-state index in [1.54, 1.807) is 30.3 Å². The maximum atomic E-state index is 14.0. The molecule has 1 aliphatic heterocycles. The molecule has 6 nitrogen and oxygen atoms in total. The number of imidazole rings is 1. The van der Waals surface area contributed by atoms with Crippen LogP contribution in [0.2, 0.25) is 5.02 Å². The molecule has 1 saturated heterocycles. The van der Waals surface area contributed by atoms with E-state index < -0.39 is 5.82 Å². The number of pyridine rings is 1. The number of hydrogen-bond acceptors (Lipinski definition) is 4. The first-order valence-corrected chi connectivity index (χ1v) is 10.4. The SMILES string of the molecule is COCCn1c(CC2CCN(C(=O)Cc3c(F)cccc3Cl)C2)nc2cccnc21. The molecule has 1 atom stereocenters. The lowest BCUT2D eigenvalue weighted by Crippen LogP contribution is -2.30. The first kappa shape index (κ1) is 20.8. The average Bonchev–Trinajstić information content (AvgIpc) is 3.34. The fourth-order valence-electron chi connectivity index (χ4n) is 4.03. The highest BCUT2D eigenvalue weighted by Gasteiger charge is 2.28. The Morgan fingerprint density at radius 1 is 1.33 bits per heavy atom. The van der Waals surface area contributed by atoms with Gasteiger partial charge in [-0.3, -0.25) is 4.79 Å². The summed E-state index contributed by atoms with van der Waals surface area (Å²) in [5, 5.41) is 0.290. The van der Waals surface area contributed by atoms with Crippen molar-refractivity contribution in [3.05, 3.63) is 58.8 Å². The monoisotopic (exact) mass is 430 g/mol. The molecule has 3 aromatic rings. The van der Waals surface area contributed by atoms with Crippen LogP contribution in [0.4, 0.5) is 4.39 Å². The molecule has 2 aromatic heterocycles. The van der Waals surface area contributed by atoms with Crippen LogP contribution in [-0.2, 0) is 28.9 Å². The minimum Gasteiger partial charge on any atom is -0.383 e. The van der Waals surface area contributed by atoms with Crippen molar-refractivity contribution in [1.29, 1.82) is 0 Å². The molecule has 0 bridgehead atoms. The van der Waals surface area contributed by atoms with E-state index >= 15 is 0 Å². The van der Waals surface area contributed by atoms with E-state index in [-0.39, 0.29) is 17.9 Å². The van der Waals surface area contributed by atoms with E-state index in [1.807, 2.05) is 12.1 Å². The first-order valence-electron chi connectivity index (χ1n) is 10.1. The van der Waals surface area contributed by atoms with Gasteiger partial charge in [0.2, 0.25) is 5.91 Å². The van der Waals surface area contributed by atoms with E-state index in [9.17, 15) is 9.18 Å². The number of hydrogen-bond donors (Lipinski definition) is 0. The number of nitrogens with zero attached hydrogens (tertiary/aromatic N) is 4. The van der Waals surface area contributed by atoms with Gasteiger partial charge in [-0.1, -0.05) is 17.7 Å². The predicted molar refractivity (Wildman–Crippen MR) is 113 cm³/mol. The van der Waals surface area contributed by atoms with Crippen molar-refractivity contribution in [2.24, 2.45) is 5.92 Å². The molecule has 8 heteroatoms. The van der Waals surface area contributed by atoms with Gasteiger partial charge in [0.05, 0.1) is 13.0 Å². The Hall–Kier alpha value is -2.51. The van der Waals surface area contributed by atoms with E-state index in [1.165, 1.54) is 6.07 Å². The summed E-state index contributed by atoms with van der Waals surface area (Å²) >= 11 is 6.08. The van der Waals surface area contributed by atoms with E-state index in [0.29, 0.717) is 37.2 Å². The zero-order valence-corrected chi connectivity index (χ0v) is 17.6. The zero-order valence-electron chi connectivity index (χ0n) is 16.9. The van der Waals surface area contributed by atoms with Gasteiger partial charge >= 0.3 is 0 Å². The van der Waals surface area contributed by atoms with Crippen molar-refractivity contribution in [3.8, 4) is 0 Å². The van der Waals surface area contributed by atoms with Gasteiger partial charge in [-0.05, 0) is 36.6 Å². The van der Waals surface area contributed by atoms with Gasteiger partial charge in [-0.2, -0.15) is 0 Å². The van der Waals surface area contributed by atoms with Crippen molar-refractivity contribution in [2.75, 3.05) is 26.8 Å². The van der Waals surface area contributed by atoms with Crippen molar-refractivity contribution in [1.82, 2.24) is 19.4 Å². The van der Waals surface area contributed by atoms with Crippen LogP contribution < -0.4 is 0 Å². The third-order valence-electron chi connectivity index (χ3n) is 5.60. The molecule has 30 heavy (non-hydrogen) atoms. The molecule has 0 aliphatic carbocycles. The molecule has 0 spiro atoms. The normalized spacial score (nSPS) is 16.5. The number of methoxy groups -OCH3 is 1. The average molecular weight is 431 g/mol. The summed E-state index contributed by atoms with van der Waals surface area (Å²) in [6, 6.07) is 8.32. The van der Waals surface area contributed by atoms with Crippen LogP contribution in [0.15, 0.2) is 36.5 Å². The van der Waals surface area contributed by atoms with Crippen LogP contribution in [0.25, 0.3) is 11.2 Å². The second-order valence-corrected chi connectivity index (χ2v) is 8.00. The Labute approximate surface area is 179 Å². The molecule has 1 aliphatic rings. The number of benzene rings is 1. The summed E-state index contributed by atoms with van der Waals surface area (Å²) in [6.07, 6.45) is 3.39. The van der Waals surface area contributed by atoms with Crippen LogP contribution in [0.5, 0.6) is 0 Å². The molecular weight excluding hydrogens is 407 g/mol. The first-order chi connectivity index (χ1) is 14.6. The fourth-order valence-corrected chi connectivity index (χ4v) is 4.26. The quantitative estimate of drug-likeness (QED) is 0.575. The molecule has 1 fully saturated rings. The van der Waals surface area contributed by atoms with Crippen LogP contribution in [-0.4, -0.2) is 52.1 Å². The number of ether oxygens (including phenoxy) is 1. The predicted octanol–water partition coefficient (Wildman–Crippen LogP) is 3.50. The summed E-state index contributed by atoms with van der Waals surface area (Å²) in [5.74, 6) is 0.713. The van der Waals surface area contributed by atoms with E-state index in [0.717, 1.165) is 29.8 Å². The number of carbonyl (C=O) groups excluding carboxylic acids is 1. The molecule has 0 radical (unpaired) electrons. The van der Waals surface area contributed by atoms with Crippen molar-refractivity contribution < 1.29 is 13.9 Å². The number of fused-ring (bicyclic) bond motifs is 1. The maximum Gasteiger partial charge on any atom is 0.227 e. The molecule has 1 aromatic carbocycles. The number of rotatable bonds is 7. The highest BCUT2D eigenvalue weighted by molar-refractivity contribution is 6.31. The van der Waals surface area contributed by atoms with Crippen LogP contribution in [0.1, 0.15) is 17.8 Å². The number of aromatic nitrogens is 3. The molecule has 0 saturated carbocycles. The molecule has 1 unspecified atom stereocenters. The van der Waals surface area contributed by atoms with Crippen molar-refractivity contribution in [3.63, 3.8) is 0 Å². The standard InChI is InChI=1S/C22H24ClFN4O2/c1-30-11-10-28-20(26-19-6-3-8-25-22(19)28)12-15-7-9-27(14-15)21(29)13-16-17(23)4-2-5-18(16)24/h2-6,8,15H,7,9-14H2,1H3. The van der Waals surface area contributed by atoms with Crippen LogP contribution in [0.3, 0.4) is 0 Å². The second kappa shape index (κ2) is 9.10. The fraction of sp³-hybridized carbons (Fsp3) is 0.409. The Balaban J connectivity index is 1.44. The summed E-state index contributed by atoms with van der Waals surface area (Å²) in [7, 11) is 1.68. The zero-order chi connectivity index (χ0) is 21.1. The number of carbonyl (C=O) groups is 1. The molecule has 0 N–H and O–H groups in total. The summed E-state index contributed by atoms with van der Waals surface area (Å²) in [5.41, 5.74) is 1.98. The van der Waals surface area contributed by atoms with Gasteiger partial charge in [0.1, 0.15) is 17.2 Å². The van der Waals surface area contributed by atoms with Gasteiger partial charge in [0, 0.05) is 49.9 Å². The van der Waals surface area contributed by atoms with Gasteiger partial charge in [-0.25, -0.2) is 14.4 Å². The molecule has 3 heterocycles. The largest absolute Gasteiger partial charge is 0.383 e. The minimum atomic E-state index is -0.439. The lowest BCUT2D eigenvalue weighted by molar-refractivity contribution is -0.129. The maximum absolute atomic E-state index is 14.0. The summed E-state index contributed by atoms with van der Waals surface area (Å²) in [4.78, 5) is 23.8. The number of amides is 1. The molecular formula is C22H24ClFN4O2. The number of halogens is 2. The second-order valence-electron chi connectivity index (χ2n) is 7.59. The third kappa shape index (κ3) is 4.32. The third-order valence-corrected chi connectivity index (χ3v) is 5.96. The minimum absolute atomic E-state index is 0.0193. The summed E-state index contributed by atoms with van der Waals surface area (Å²) in [6.45, 7) is 2.55. The van der Waals surface area contributed by atoms with E-state index in [4.69, 9.17) is 21.3 Å². The molecule has 158 valence electrons. The lowest BCUT2D eigenvalue weighted by Gasteiger charge is -2.17. The topological polar surface area (TPSA) is 60.2 Å². The Morgan fingerprint density at radius 2 is 2.20 bits per heavy atom. The van der Waals surface area contributed by atoms with Crippen molar-refractivity contribution in [2.45, 2.75) is 25.8 Å². The smallest absolute Gasteiger partial charge is 0.227 e. The highest BCUT2D eigenvalue weighted by atomic mass is 35.5. The van der Waals surface area contributed by atoms with Gasteiger partial charge in [0.15, 0.2) is 5.65 Å². The Kier molecular flexibility index (Phi) is 6.29. The van der Waals surface area contributed by atoms with E-state index in [2.05, 4.69) is 9.55 Å². The Morgan fingerprint density at radius 3 is 3.00 bits per heavy atom. The summed E-state index contributed by atoms with van der Waals surface area (Å²) < 4.78 is 21.4. The van der Waals surface area contributed by atoms with Gasteiger partial charge < -0.3 is 14.2 Å². The lowest BCUT2D eigenvalue weighted by atomic mass is 10.0. The van der Waals surface area contributed by atoms with Crippen molar-refractivity contribution >= 4 is 28.7 Å². The van der Waals surface area contributed by atoms with Crippen LogP contribution >= 0.6 is 11.6 Å².